The molecule has 0 aromatic rings. The largest absolute Gasteiger partial charge is 0.353 e. The first kappa shape index (κ1) is 12.9. The normalized spacial score (nSPS) is 29.8. The van der Waals surface area contributed by atoms with Crippen LogP contribution in [0.4, 0.5) is 0 Å². The summed E-state index contributed by atoms with van der Waals surface area (Å²) >= 11 is 0. The predicted molar refractivity (Wildman–Crippen MR) is 66.4 cm³/mol. The second-order valence-electron chi connectivity index (χ2n) is 5.30. The molecule has 1 aliphatic carbocycles. The van der Waals surface area contributed by atoms with E-state index in [0.717, 1.165) is 12.8 Å². The number of hydrogen-bond acceptors (Lipinski definition) is 3. The van der Waals surface area contributed by atoms with Crippen LogP contribution in [0.1, 0.15) is 44.9 Å². The van der Waals surface area contributed by atoms with Gasteiger partial charge in [-0.25, -0.2) is 8.42 Å². The summed E-state index contributed by atoms with van der Waals surface area (Å²) in [4.78, 5) is 11.9. The summed E-state index contributed by atoms with van der Waals surface area (Å²) in [5.74, 6) is -0.123. The van der Waals surface area contributed by atoms with Gasteiger partial charge in [-0.3, -0.25) is 4.79 Å². The van der Waals surface area contributed by atoms with E-state index in [4.69, 9.17) is 0 Å². The van der Waals surface area contributed by atoms with Gasteiger partial charge in [0.15, 0.2) is 9.84 Å². The second-order valence-corrected chi connectivity index (χ2v) is 7.53. The van der Waals surface area contributed by atoms with Crippen LogP contribution >= 0.6 is 0 Å². The fourth-order valence-corrected chi connectivity index (χ4v) is 4.49. The van der Waals surface area contributed by atoms with Crippen molar-refractivity contribution in [3.05, 3.63) is 0 Å². The molecule has 2 fully saturated rings. The van der Waals surface area contributed by atoms with E-state index in [1.807, 2.05) is 0 Å². The summed E-state index contributed by atoms with van der Waals surface area (Å²) in [6.45, 7) is 0. The molecule has 0 aromatic heterocycles. The van der Waals surface area contributed by atoms with Crippen molar-refractivity contribution in [1.82, 2.24) is 5.32 Å². The quantitative estimate of drug-likeness (QED) is 0.759. The maximum absolute atomic E-state index is 11.9. The van der Waals surface area contributed by atoms with Gasteiger partial charge in [0.05, 0.1) is 17.4 Å². The van der Waals surface area contributed by atoms with Crippen molar-refractivity contribution in [2.75, 3.05) is 11.5 Å². The minimum Gasteiger partial charge on any atom is -0.353 e. The van der Waals surface area contributed by atoms with E-state index in [0.29, 0.717) is 6.42 Å². The van der Waals surface area contributed by atoms with Gasteiger partial charge in [-0.1, -0.05) is 25.7 Å². The van der Waals surface area contributed by atoms with Gasteiger partial charge in [0, 0.05) is 6.04 Å². The zero-order chi connectivity index (χ0) is 12.3. The Hall–Kier alpha value is -0.580. The first-order chi connectivity index (χ1) is 8.07. The van der Waals surface area contributed by atoms with E-state index in [1.54, 1.807) is 0 Å². The highest BCUT2D eigenvalue weighted by molar-refractivity contribution is 7.91. The van der Waals surface area contributed by atoms with Gasteiger partial charge in [-0.15, -0.1) is 0 Å². The highest BCUT2D eigenvalue weighted by Crippen LogP contribution is 2.21. The molecule has 2 aliphatic rings. The SMILES string of the molecule is O=C(NC1CCCCCC1)C1CCS(=O)(=O)C1. The Morgan fingerprint density at radius 2 is 1.65 bits per heavy atom. The van der Waals surface area contributed by atoms with Gasteiger partial charge >= 0.3 is 0 Å². The Balaban J connectivity index is 1.84. The van der Waals surface area contributed by atoms with Crippen LogP contribution in [0.5, 0.6) is 0 Å². The number of carbonyl (C=O) groups is 1. The van der Waals surface area contributed by atoms with Crippen LogP contribution in [-0.4, -0.2) is 31.9 Å². The maximum Gasteiger partial charge on any atom is 0.224 e. The van der Waals surface area contributed by atoms with Crippen LogP contribution in [0, 0.1) is 5.92 Å². The third-order valence-corrected chi connectivity index (χ3v) is 5.57. The van der Waals surface area contributed by atoms with Gasteiger partial charge in [0.2, 0.25) is 5.91 Å². The van der Waals surface area contributed by atoms with Crippen molar-refractivity contribution in [2.45, 2.75) is 51.0 Å². The molecule has 5 heteroatoms. The van der Waals surface area contributed by atoms with E-state index in [2.05, 4.69) is 5.32 Å². The van der Waals surface area contributed by atoms with Crippen molar-refractivity contribution in [1.29, 1.82) is 0 Å². The molecule has 2 rings (SSSR count). The average Bonchev–Trinajstić information content (AvgIpc) is 2.50. The van der Waals surface area contributed by atoms with Crippen LogP contribution in [0.15, 0.2) is 0 Å². The molecule has 1 unspecified atom stereocenters. The Labute approximate surface area is 103 Å². The first-order valence-corrected chi connectivity index (χ1v) is 8.40. The summed E-state index contributed by atoms with van der Waals surface area (Å²) in [7, 11) is -2.95. The summed E-state index contributed by atoms with van der Waals surface area (Å²) in [6.07, 6.45) is 7.45. The van der Waals surface area contributed by atoms with E-state index in [-0.39, 0.29) is 29.4 Å². The smallest absolute Gasteiger partial charge is 0.224 e. The topological polar surface area (TPSA) is 63.2 Å². The van der Waals surface area contributed by atoms with Crippen molar-refractivity contribution in [3.8, 4) is 0 Å². The molecule has 0 spiro atoms. The summed E-state index contributed by atoms with van der Waals surface area (Å²) in [5.41, 5.74) is 0. The van der Waals surface area contributed by atoms with E-state index in [9.17, 15) is 13.2 Å². The minimum atomic E-state index is -2.95. The van der Waals surface area contributed by atoms with Crippen LogP contribution in [0.2, 0.25) is 0 Å². The van der Waals surface area contributed by atoms with Gasteiger partial charge in [-0.05, 0) is 19.3 Å². The highest BCUT2D eigenvalue weighted by Gasteiger charge is 2.33. The van der Waals surface area contributed by atoms with Crippen LogP contribution in [0.3, 0.4) is 0 Å². The molecule has 1 saturated carbocycles. The van der Waals surface area contributed by atoms with Gasteiger partial charge in [0.25, 0.3) is 0 Å². The monoisotopic (exact) mass is 259 g/mol. The molecule has 1 atom stereocenters. The Morgan fingerprint density at radius 1 is 1.00 bits per heavy atom. The molecular weight excluding hydrogens is 238 g/mol. The molecule has 17 heavy (non-hydrogen) atoms. The van der Waals surface area contributed by atoms with Gasteiger partial charge < -0.3 is 5.32 Å². The first-order valence-electron chi connectivity index (χ1n) is 6.58. The summed E-state index contributed by atoms with van der Waals surface area (Å²) < 4.78 is 22.6. The van der Waals surface area contributed by atoms with E-state index in [1.165, 1.54) is 25.7 Å². The van der Waals surface area contributed by atoms with Gasteiger partial charge in [0.1, 0.15) is 0 Å². The summed E-state index contributed by atoms with van der Waals surface area (Å²) in [6, 6.07) is 0.272. The molecule has 98 valence electrons. The molecule has 0 bridgehead atoms. The lowest BCUT2D eigenvalue weighted by molar-refractivity contribution is -0.125. The molecule has 4 nitrogen and oxygen atoms in total. The lowest BCUT2D eigenvalue weighted by atomic mass is 10.1. The fourth-order valence-electron chi connectivity index (χ4n) is 2.74. The number of sulfone groups is 1. The van der Waals surface area contributed by atoms with E-state index < -0.39 is 9.84 Å². The van der Waals surface area contributed by atoms with Crippen molar-refractivity contribution < 1.29 is 13.2 Å². The number of carbonyl (C=O) groups excluding carboxylic acids is 1. The predicted octanol–water partition coefficient (Wildman–Crippen LogP) is 1.26. The molecule has 1 heterocycles. The minimum absolute atomic E-state index is 0.0435. The Bertz CT molecular complexity index is 369. The van der Waals surface area contributed by atoms with Crippen LogP contribution in [-0.2, 0) is 14.6 Å². The highest BCUT2D eigenvalue weighted by atomic mass is 32.2. The average molecular weight is 259 g/mol. The van der Waals surface area contributed by atoms with Crippen molar-refractivity contribution in [3.63, 3.8) is 0 Å². The zero-order valence-corrected chi connectivity index (χ0v) is 11.0. The van der Waals surface area contributed by atoms with E-state index >= 15 is 0 Å². The lowest BCUT2D eigenvalue weighted by Crippen LogP contribution is -2.39. The Morgan fingerprint density at radius 3 is 2.18 bits per heavy atom. The molecular formula is C12H21NO3S. The van der Waals surface area contributed by atoms with Crippen LogP contribution < -0.4 is 5.32 Å². The zero-order valence-electron chi connectivity index (χ0n) is 10.2. The fraction of sp³-hybridized carbons (Fsp3) is 0.917. The van der Waals surface area contributed by atoms with Gasteiger partial charge in [-0.2, -0.15) is 0 Å². The Kier molecular flexibility index (Phi) is 4.07. The number of nitrogens with one attached hydrogen (secondary N) is 1. The molecule has 1 amide bonds. The summed E-state index contributed by atoms with van der Waals surface area (Å²) in [5, 5.41) is 3.04. The molecule has 0 aromatic carbocycles. The third-order valence-electron chi connectivity index (χ3n) is 3.80. The van der Waals surface area contributed by atoms with Crippen LogP contribution in [0.25, 0.3) is 0 Å². The van der Waals surface area contributed by atoms with Crippen molar-refractivity contribution in [2.24, 2.45) is 5.92 Å². The maximum atomic E-state index is 11.9. The number of rotatable bonds is 2. The lowest BCUT2D eigenvalue weighted by Gasteiger charge is -2.18. The second kappa shape index (κ2) is 5.38. The molecule has 0 radical (unpaired) electrons. The van der Waals surface area contributed by atoms with Crippen molar-refractivity contribution >= 4 is 15.7 Å². The number of hydrogen-bond donors (Lipinski definition) is 1. The standard InChI is InChI=1S/C12H21NO3S/c14-12(10-7-8-17(15,16)9-10)13-11-5-3-1-2-4-6-11/h10-11H,1-9H2,(H,13,14). The number of amides is 1. The molecule has 1 saturated heterocycles. The molecule has 1 N–H and O–H groups in total. The third kappa shape index (κ3) is 3.69. The molecule has 1 aliphatic heterocycles.